The number of ether oxygens (including phenoxy) is 1. The molecule has 46 heavy (non-hydrogen) atoms. The summed E-state index contributed by atoms with van der Waals surface area (Å²) >= 11 is 12.5. The van der Waals surface area contributed by atoms with Crippen LogP contribution >= 0.6 is 23.2 Å². The summed E-state index contributed by atoms with van der Waals surface area (Å²) in [6.45, 7) is 6.21. The minimum Gasteiger partial charge on any atom is -0.493 e. The summed E-state index contributed by atoms with van der Waals surface area (Å²) in [5.41, 5.74) is 1.04. The van der Waals surface area contributed by atoms with Crippen molar-refractivity contribution < 1.29 is 22.7 Å². The van der Waals surface area contributed by atoms with Crippen LogP contribution in [0.1, 0.15) is 47.7 Å². The molecule has 3 aromatic rings. The SMILES string of the molecule is CCOc1cc(C(F)(F)F)ccc1C1=NC(c2ccc(Cl)cc2)C(c2ccc(Cl)cc2)N1C(=O)N1CCN(CCCN(C)C)CC1. The molecule has 0 N–H and O–H groups in total. The van der Waals surface area contributed by atoms with Crippen LogP contribution in [0, 0.1) is 0 Å². The first-order chi connectivity index (χ1) is 22.0. The highest BCUT2D eigenvalue weighted by Gasteiger charge is 2.45. The molecular weight excluding hydrogens is 638 g/mol. The zero-order valence-electron chi connectivity index (χ0n) is 26.1. The van der Waals surface area contributed by atoms with Crippen molar-refractivity contribution in [2.45, 2.75) is 31.6 Å². The number of rotatable bonds is 9. The Balaban J connectivity index is 1.58. The standard InChI is InChI=1S/C34H38Cl2F3N5O2/c1-4-46-29-22-25(34(37,38)39)10-15-28(29)32-40-30(23-6-11-26(35)12-7-23)31(24-8-13-27(36)14-9-24)44(32)33(45)43-20-18-42(19-21-43)17-5-16-41(2)3/h6-15,22,30-31H,4-5,16-21H2,1-3H3. The van der Waals surface area contributed by atoms with Gasteiger partial charge >= 0.3 is 12.2 Å². The first-order valence-electron chi connectivity index (χ1n) is 15.3. The third-order valence-electron chi connectivity index (χ3n) is 8.27. The van der Waals surface area contributed by atoms with Gasteiger partial charge < -0.3 is 14.5 Å². The first-order valence-corrected chi connectivity index (χ1v) is 16.1. The van der Waals surface area contributed by atoms with E-state index in [4.69, 9.17) is 32.9 Å². The van der Waals surface area contributed by atoms with Gasteiger partial charge in [0, 0.05) is 36.2 Å². The number of amides is 2. The van der Waals surface area contributed by atoms with E-state index in [1.54, 1.807) is 41.0 Å². The minimum atomic E-state index is -4.57. The Morgan fingerprint density at radius 3 is 2.11 bits per heavy atom. The molecule has 2 atom stereocenters. The molecule has 246 valence electrons. The molecule has 2 aliphatic heterocycles. The third-order valence-corrected chi connectivity index (χ3v) is 8.77. The number of carbonyl (C=O) groups excluding carboxylic acids is 1. The van der Waals surface area contributed by atoms with Crippen molar-refractivity contribution in [2.24, 2.45) is 4.99 Å². The van der Waals surface area contributed by atoms with Gasteiger partial charge in [-0.2, -0.15) is 13.2 Å². The Hall–Kier alpha value is -3.31. The lowest BCUT2D eigenvalue weighted by molar-refractivity contribution is -0.137. The van der Waals surface area contributed by atoms with Crippen LogP contribution in [0.5, 0.6) is 5.75 Å². The van der Waals surface area contributed by atoms with Crippen molar-refractivity contribution in [1.82, 2.24) is 19.6 Å². The van der Waals surface area contributed by atoms with E-state index in [0.717, 1.165) is 55.9 Å². The Morgan fingerprint density at radius 2 is 1.54 bits per heavy atom. The zero-order chi connectivity index (χ0) is 33.0. The molecule has 0 aromatic heterocycles. The smallest absolute Gasteiger partial charge is 0.416 e. The van der Waals surface area contributed by atoms with Crippen LogP contribution < -0.4 is 4.74 Å². The number of nitrogens with zero attached hydrogens (tertiary/aromatic N) is 5. The second-order valence-corrected chi connectivity index (χ2v) is 12.6. The number of hydrogen-bond donors (Lipinski definition) is 0. The number of urea groups is 1. The topological polar surface area (TPSA) is 51.6 Å². The Bertz CT molecular complexity index is 1530. The molecule has 5 rings (SSSR count). The van der Waals surface area contributed by atoms with Crippen LogP contribution in [-0.4, -0.2) is 91.4 Å². The predicted octanol–water partition coefficient (Wildman–Crippen LogP) is 7.65. The van der Waals surface area contributed by atoms with E-state index in [1.807, 2.05) is 38.4 Å². The van der Waals surface area contributed by atoms with Crippen molar-refractivity contribution in [1.29, 1.82) is 0 Å². The maximum absolute atomic E-state index is 14.6. The number of alkyl halides is 3. The van der Waals surface area contributed by atoms with Gasteiger partial charge in [0.05, 0.1) is 23.8 Å². The number of carbonyl (C=O) groups is 1. The van der Waals surface area contributed by atoms with Crippen LogP contribution in [0.4, 0.5) is 18.0 Å². The maximum Gasteiger partial charge on any atom is 0.416 e. The quantitative estimate of drug-likeness (QED) is 0.234. The molecule has 2 heterocycles. The number of piperazine rings is 1. The number of benzene rings is 3. The van der Waals surface area contributed by atoms with Gasteiger partial charge in [0.25, 0.3) is 0 Å². The van der Waals surface area contributed by atoms with Gasteiger partial charge in [-0.3, -0.25) is 14.8 Å². The Kier molecular flexibility index (Phi) is 10.8. The van der Waals surface area contributed by atoms with Crippen LogP contribution in [0.15, 0.2) is 71.7 Å². The van der Waals surface area contributed by atoms with Crippen LogP contribution in [0.25, 0.3) is 0 Å². The van der Waals surface area contributed by atoms with Gasteiger partial charge in [-0.25, -0.2) is 4.79 Å². The summed E-state index contributed by atoms with van der Waals surface area (Å²) < 4.78 is 47.0. The molecule has 0 bridgehead atoms. The molecule has 0 spiro atoms. The average molecular weight is 677 g/mol. The van der Waals surface area contributed by atoms with Gasteiger partial charge in [-0.1, -0.05) is 47.5 Å². The largest absolute Gasteiger partial charge is 0.493 e. The molecule has 2 aliphatic rings. The van der Waals surface area contributed by atoms with Crippen molar-refractivity contribution in [3.8, 4) is 5.75 Å². The van der Waals surface area contributed by atoms with E-state index < -0.39 is 23.8 Å². The van der Waals surface area contributed by atoms with Gasteiger partial charge in [0.15, 0.2) is 0 Å². The Labute approximate surface area is 278 Å². The maximum atomic E-state index is 14.6. The summed E-state index contributed by atoms with van der Waals surface area (Å²) in [4.78, 5) is 27.7. The lowest BCUT2D eigenvalue weighted by atomic mass is 9.93. The summed E-state index contributed by atoms with van der Waals surface area (Å²) in [7, 11) is 4.10. The second kappa shape index (κ2) is 14.6. The van der Waals surface area contributed by atoms with E-state index in [0.29, 0.717) is 28.7 Å². The summed E-state index contributed by atoms with van der Waals surface area (Å²) in [6, 6.07) is 16.3. The van der Waals surface area contributed by atoms with Gasteiger partial charge in [0.2, 0.25) is 0 Å². The predicted molar refractivity (Wildman–Crippen MR) is 176 cm³/mol. The van der Waals surface area contributed by atoms with Crippen LogP contribution in [-0.2, 0) is 6.18 Å². The van der Waals surface area contributed by atoms with E-state index in [2.05, 4.69) is 9.80 Å². The molecule has 3 aromatic carbocycles. The number of amidine groups is 1. The minimum absolute atomic E-state index is 0.00574. The second-order valence-electron chi connectivity index (χ2n) is 11.7. The highest BCUT2D eigenvalue weighted by atomic mass is 35.5. The molecule has 7 nitrogen and oxygen atoms in total. The Morgan fingerprint density at radius 1 is 0.935 bits per heavy atom. The van der Waals surface area contributed by atoms with Crippen molar-refractivity contribution in [2.75, 3.05) is 60.0 Å². The summed E-state index contributed by atoms with van der Waals surface area (Å²) in [6.07, 6.45) is -3.54. The average Bonchev–Trinajstić information content (AvgIpc) is 3.41. The lowest BCUT2D eigenvalue weighted by Crippen LogP contribution is -2.54. The summed E-state index contributed by atoms with van der Waals surface area (Å²) in [5, 5.41) is 1.09. The zero-order valence-corrected chi connectivity index (χ0v) is 27.6. The van der Waals surface area contributed by atoms with Crippen molar-refractivity contribution >= 4 is 35.1 Å². The third kappa shape index (κ3) is 7.79. The normalized spacial score (nSPS) is 19.1. The fourth-order valence-corrected chi connectivity index (χ4v) is 6.19. The molecule has 2 amide bonds. The van der Waals surface area contributed by atoms with Gasteiger partial charge in [0.1, 0.15) is 17.6 Å². The molecule has 2 unspecified atom stereocenters. The number of halogens is 5. The van der Waals surface area contributed by atoms with Crippen molar-refractivity contribution in [3.63, 3.8) is 0 Å². The van der Waals surface area contributed by atoms with E-state index in [9.17, 15) is 18.0 Å². The van der Waals surface area contributed by atoms with E-state index in [1.165, 1.54) is 6.07 Å². The number of hydrogen-bond acceptors (Lipinski definition) is 5. The fourth-order valence-electron chi connectivity index (χ4n) is 5.94. The lowest BCUT2D eigenvalue weighted by Gasteiger charge is -2.39. The molecule has 0 saturated carbocycles. The molecular formula is C34H38Cl2F3N5O2. The van der Waals surface area contributed by atoms with Crippen LogP contribution in [0.2, 0.25) is 10.0 Å². The highest BCUT2D eigenvalue weighted by Crippen LogP contribution is 2.46. The van der Waals surface area contributed by atoms with E-state index in [-0.39, 0.29) is 24.2 Å². The fraction of sp³-hybridized carbons (Fsp3) is 0.412. The van der Waals surface area contributed by atoms with Gasteiger partial charge in [-0.05, 0) is 94.1 Å². The first kappa shape index (κ1) is 34.0. The van der Waals surface area contributed by atoms with Gasteiger partial charge in [-0.15, -0.1) is 0 Å². The molecule has 1 saturated heterocycles. The molecule has 1 fully saturated rings. The molecule has 12 heteroatoms. The molecule has 0 aliphatic carbocycles. The molecule has 0 radical (unpaired) electrons. The monoisotopic (exact) mass is 675 g/mol. The van der Waals surface area contributed by atoms with E-state index >= 15 is 0 Å². The van der Waals surface area contributed by atoms with Crippen LogP contribution in [0.3, 0.4) is 0 Å². The van der Waals surface area contributed by atoms with Crippen molar-refractivity contribution in [3.05, 3.63) is 99.0 Å². The summed E-state index contributed by atoms with van der Waals surface area (Å²) in [5.74, 6) is 0.252. The highest BCUT2D eigenvalue weighted by molar-refractivity contribution is 6.30. The number of aliphatic imine (C=N–C) groups is 1.